The Kier molecular flexibility index (Phi) is 10.4. The fourth-order valence-electron chi connectivity index (χ4n) is 4.09. The normalized spacial score (nSPS) is 12.3. The maximum atomic E-state index is 13.2. The van der Waals surface area contributed by atoms with Gasteiger partial charge in [-0.1, -0.05) is 40.9 Å². The van der Waals surface area contributed by atoms with Gasteiger partial charge in [0.25, 0.3) is 0 Å². The maximum absolute atomic E-state index is 13.2. The molecule has 0 atom stereocenters. The number of hydrogen-bond acceptors (Lipinski definition) is 7. The summed E-state index contributed by atoms with van der Waals surface area (Å²) in [6.45, 7) is 8.69. The number of benzene rings is 1. The lowest BCUT2D eigenvalue weighted by atomic mass is 10.0. The van der Waals surface area contributed by atoms with Gasteiger partial charge in [0, 0.05) is 12.6 Å². The molecule has 3 aromatic rings. The summed E-state index contributed by atoms with van der Waals surface area (Å²) in [5.41, 5.74) is -0.169. The Morgan fingerprint density at radius 2 is 1.61 bits per heavy atom. The van der Waals surface area contributed by atoms with Crippen molar-refractivity contribution in [3.63, 3.8) is 0 Å². The first-order valence-corrected chi connectivity index (χ1v) is 13.4. The molecule has 0 unspecified atom stereocenters. The Morgan fingerprint density at radius 1 is 0.974 bits per heavy atom. The number of para-hydroxylation sites is 1. The largest absolute Gasteiger partial charge is 0.394 e. The van der Waals surface area contributed by atoms with Gasteiger partial charge in [-0.2, -0.15) is 0 Å². The predicted octanol–water partition coefficient (Wildman–Crippen LogP) is 5.61. The number of aromatic nitrogens is 2. The number of aliphatic hydroxyl groups excluding tert-OH is 2. The van der Waals surface area contributed by atoms with E-state index in [2.05, 4.69) is 10.3 Å². The van der Waals surface area contributed by atoms with Crippen LogP contribution in [0.15, 0.2) is 35.3 Å². The van der Waals surface area contributed by atoms with Crippen LogP contribution >= 0.6 is 34.8 Å². The number of hydrogen-bond donors (Lipinski definition) is 3. The van der Waals surface area contributed by atoms with Gasteiger partial charge in [0.15, 0.2) is 5.43 Å². The Labute approximate surface area is 237 Å². The molecule has 0 aliphatic carbocycles. The van der Waals surface area contributed by atoms with E-state index < -0.39 is 17.8 Å². The Morgan fingerprint density at radius 3 is 2.24 bits per heavy atom. The summed E-state index contributed by atoms with van der Waals surface area (Å²) in [6, 6.07) is 6.38. The fourth-order valence-corrected chi connectivity index (χ4v) is 4.89. The van der Waals surface area contributed by atoms with Crippen molar-refractivity contribution in [1.82, 2.24) is 9.55 Å². The van der Waals surface area contributed by atoms with E-state index in [1.807, 2.05) is 27.7 Å². The van der Waals surface area contributed by atoms with Gasteiger partial charge >= 0.3 is 0 Å². The van der Waals surface area contributed by atoms with Crippen LogP contribution in [0.4, 0.5) is 5.82 Å². The van der Waals surface area contributed by atoms with Gasteiger partial charge in [0.1, 0.15) is 5.82 Å². The second-order valence-corrected chi connectivity index (χ2v) is 11.3. The molecular formula is C27H34Cl3N3O5. The highest BCUT2D eigenvalue weighted by atomic mass is 35.5. The first-order chi connectivity index (χ1) is 17.9. The van der Waals surface area contributed by atoms with E-state index in [1.165, 1.54) is 12.3 Å². The second-order valence-electron chi connectivity index (χ2n) is 10.1. The van der Waals surface area contributed by atoms with E-state index in [4.69, 9.17) is 49.4 Å². The molecule has 0 amide bonds. The number of rotatable bonds is 13. The molecule has 2 aromatic heterocycles. The van der Waals surface area contributed by atoms with Gasteiger partial charge in [-0.05, 0) is 52.7 Å². The van der Waals surface area contributed by atoms with Crippen LogP contribution in [0.5, 0.6) is 0 Å². The topological polar surface area (TPSA) is 106 Å². The van der Waals surface area contributed by atoms with Gasteiger partial charge in [-0.15, -0.1) is 0 Å². The summed E-state index contributed by atoms with van der Waals surface area (Å²) in [5.74, 6) is 0.352. The minimum atomic E-state index is -0.461. The zero-order valence-corrected chi connectivity index (χ0v) is 24.3. The smallest absolute Gasteiger partial charge is 0.193 e. The van der Waals surface area contributed by atoms with Crippen LogP contribution in [0.2, 0.25) is 15.1 Å². The SMILES string of the molecule is CC(C)(CCNc1ncc(Cl)c2c1c(=O)cc(CO)n2-c1c(Cl)cccc1Cl)OCCC(C)(C)OCCO. The lowest BCUT2D eigenvalue weighted by Crippen LogP contribution is -2.32. The highest BCUT2D eigenvalue weighted by Gasteiger charge is 2.24. The number of halogens is 3. The lowest BCUT2D eigenvalue weighted by Gasteiger charge is -2.30. The van der Waals surface area contributed by atoms with Crippen molar-refractivity contribution in [1.29, 1.82) is 0 Å². The minimum absolute atomic E-state index is 0.0212. The zero-order chi connectivity index (χ0) is 28.1. The summed E-state index contributed by atoms with van der Waals surface area (Å²) in [6.07, 6.45) is 2.74. The van der Waals surface area contributed by atoms with Crippen LogP contribution in [-0.2, 0) is 16.1 Å². The molecule has 0 saturated heterocycles. The fraction of sp³-hybridized carbons (Fsp3) is 0.481. The van der Waals surface area contributed by atoms with Crippen molar-refractivity contribution < 1.29 is 19.7 Å². The third-order valence-electron chi connectivity index (χ3n) is 6.19. The summed E-state index contributed by atoms with van der Waals surface area (Å²) < 4.78 is 13.3. The van der Waals surface area contributed by atoms with E-state index in [1.54, 1.807) is 22.8 Å². The van der Waals surface area contributed by atoms with Crippen molar-refractivity contribution in [2.24, 2.45) is 0 Å². The number of fused-ring (bicyclic) bond motifs is 1. The molecule has 8 nitrogen and oxygen atoms in total. The van der Waals surface area contributed by atoms with Crippen molar-refractivity contribution in [3.8, 4) is 5.69 Å². The molecule has 3 N–H and O–H groups in total. The third-order valence-corrected chi connectivity index (χ3v) is 7.07. The summed E-state index contributed by atoms with van der Waals surface area (Å²) in [5, 5.41) is 23.4. The lowest BCUT2D eigenvalue weighted by molar-refractivity contribution is -0.0790. The number of anilines is 1. The summed E-state index contributed by atoms with van der Waals surface area (Å²) in [7, 11) is 0. The number of aliphatic hydroxyl groups is 2. The molecule has 1 aromatic carbocycles. The van der Waals surface area contributed by atoms with E-state index in [9.17, 15) is 9.90 Å². The van der Waals surface area contributed by atoms with Crippen molar-refractivity contribution in [2.45, 2.75) is 58.3 Å². The molecule has 38 heavy (non-hydrogen) atoms. The van der Waals surface area contributed by atoms with Gasteiger partial charge in [-0.3, -0.25) is 4.79 Å². The number of pyridine rings is 2. The predicted molar refractivity (Wildman–Crippen MR) is 153 cm³/mol. The molecule has 11 heteroatoms. The third kappa shape index (κ3) is 7.39. The van der Waals surface area contributed by atoms with Crippen LogP contribution in [-0.4, -0.2) is 57.3 Å². The van der Waals surface area contributed by atoms with Crippen molar-refractivity contribution in [3.05, 3.63) is 61.4 Å². The standard InChI is InChI=1S/C27H34Cl3N3O5/c1-26(2,37-12-9-27(3,4)38-13-11-34)8-10-31-25-22-21(36)14-17(16-35)33(24(22)20(30)15-32-25)23-18(28)6-5-7-19(23)29/h5-7,14-15,34-35H,8-13,16H2,1-4H3,(H,31,32). The molecule has 0 radical (unpaired) electrons. The monoisotopic (exact) mass is 585 g/mol. The molecular weight excluding hydrogens is 553 g/mol. The van der Waals surface area contributed by atoms with Crippen LogP contribution < -0.4 is 10.7 Å². The van der Waals surface area contributed by atoms with E-state index in [0.29, 0.717) is 53.1 Å². The quantitative estimate of drug-likeness (QED) is 0.239. The van der Waals surface area contributed by atoms with E-state index >= 15 is 0 Å². The van der Waals surface area contributed by atoms with Crippen LogP contribution in [0.3, 0.4) is 0 Å². The molecule has 2 heterocycles. The second kappa shape index (κ2) is 13.0. The highest BCUT2D eigenvalue weighted by Crippen LogP contribution is 2.35. The molecule has 208 valence electrons. The van der Waals surface area contributed by atoms with Gasteiger partial charge in [0.2, 0.25) is 0 Å². The Balaban J connectivity index is 1.86. The summed E-state index contributed by atoms with van der Waals surface area (Å²) >= 11 is 19.5. The maximum Gasteiger partial charge on any atom is 0.193 e. The molecule has 0 aliphatic heterocycles. The first kappa shape index (κ1) is 30.6. The Hall–Kier alpha value is -1.91. The average molecular weight is 587 g/mol. The van der Waals surface area contributed by atoms with E-state index in [-0.39, 0.29) is 34.7 Å². The van der Waals surface area contributed by atoms with Crippen molar-refractivity contribution >= 4 is 51.5 Å². The number of nitrogens with zero attached hydrogens (tertiary/aromatic N) is 2. The molecule has 0 spiro atoms. The van der Waals surface area contributed by atoms with Crippen LogP contribution in [0.1, 0.15) is 46.2 Å². The first-order valence-electron chi connectivity index (χ1n) is 12.3. The highest BCUT2D eigenvalue weighted by molar-refractivity contribution is 6.38. The zero-order valence-electron chi connectivity index (χ0n) is 22.0. The van der Waals surface area contributed by atoms with Gasteiger partial charge in [0.05, 0.1) is 81.2 Å². The molecule has 0 saturated carbocycles. The van der Waals surface area contributed by atoms with Gasteiger partial charge < -0.3 is 29.6 Å². The van der Waals surface area contributed by atoms with E-state index in [0.717, 1.165) is 0 Å². The molecule has 3 rings (SSSR count). The minimum Gasteiger partial charge on any atom is -0.394 e. The number of nitrogens with one attached hydrogen (secondary N) is 1. The van der Waals surface area contributed by atoms with Crippen molar-refractivity contribution in [2.75, 3.05) is 31.7 Å². The average Bonchev–Trinajstić information content (AvgIpc) is 2.84. The Bertz CT molecular complexity index is 1310. The van der Waals surface area contributed by atoms with Crippen LogP contribution in [0, 0.1) is 0 Å². The van der Waals surface area contributed by atoms with Gasteiger partial charge in [-0.25, -0.2) is 4.98 Å². The van der Waals surface area contributed by atoms with Crippen LogP contribution in [0.25, 0.3) is 16.6 Å². The molecule has 0 fully saturated rings. The molecule has 0 bridgehead atoms. The summed E-state index contributed by atoms with van der Waals surface area (Å²) in [4.78, 5) is 17.6. The molecule has 0 aliphatic rings. The number of ether oxygens (including phenoxy) is 2.